The molecular weight excluding hydrogens is 505 g/mol. The second-order valence-corrected chi connectivity index (χ2v) is 10.5. The van der Waals surface area contributed by atoms with Gasteiger partial charge in [0.2, 0.25) is 17.7 Å². The van der Waals surface area contributed by atoms with E-state index in [4.69, 9.17) is 0 Å². The summed E-state index contributed by atoms with van der Waals surface area (Å²) in [5, 5.41) is 4.43. The molecule has 4 aromatic carbocycles. The molecule has 3 amide bonds. The summed E-state index contributed by atoms with van der Waals surface area (Å²) < 4.78 is 13.7. The van der Waals surface area contributed by atoms with Crippen LogP contribution in [-0.4, -0.2) is 23.9 Å². The monoisotopic (exact) mass is 529 g/mol. The summed E-state index contributed by atoms with van der Waals surface area (Å²) in [5.74, 6) is -3.19. The van der Waals surface area contributed by atoms with Crippen molar-refractivity contribution in [2.75, 3.05) is 4.90 Å². The maximum atomic E-state index is 14.3. The van der Waals surface area contributed by atoms with Crippen LogP contribution in [0, 0.1) is 17.7 Å². The van der Waals surface area contributed by atoms with Crippen molar-refractivity contribution in [1.29, 1.82) is 0 Å². The summed E-state index contributed by atoms with van der Waals surface area (Å²) in [7, 11) is 0. The Bertz CT molecular complexity index is 1650. The number of halogens is 1. The number of nitrogens with one attached hydrogen (secondary N) is 1. The molecule has 2 bridgehead atoms. The van der Waals surface area contributed by atoms with Gasteiger partial charge in [0.25, 0.3) is 0 Å². The van der Waals surface area contributed by atoms with Crippen molar-refractivity contribution in [1.82, 2.24) is 5.43 Å². The second-order valence-electron chi connectivity index (χ2n) is 10.5. The molecule has 1 fully saturated rings. The van der Waals surface area contributed by atoms with E-state index in [1.54, 1.807) is 6.21 Å². The number of nitrogens with zero attached hydrogens (tertiary/aromatic N) is 2. The summed E-state index contributed by atoms with van der Waals surface area (Å²) in [6, 6.07) is 30.4. The Labute approximate surface area is 230 Å². The highest BCUT2D eigenvalue weighted by atomic mass is 19.1. The number of benzene rings is 4. The van der Waals surface area contributed by atoms with Crippen molar-refractivity contribution >= 4 is 29.6 Å². The first-order valence-corrected chi connectivity index (χ1v) is 13.2. The van der Waals surface area contributed by atoms with Crippen LogP contribution in [0.5, 0.6) is 0 Å². The molecule has 0 radical (unpaired) electrons. The molecule has 0 aromatic heterocycles. The largest absolute Gasteiger partial charge is 0.274 e. The zero-order valence-electron chi connectivity index (χ0n) is 21.3. The second kappa shape index (κ2) is 9.09. The summed E-state index contributed by atoms with van der Waals surface area (Å²) >= 11 is 0. The number of hydrogen-bond donors (Lipinski definition) is 1. The van der Waals surface area contributed by atoms with Gasteiger partial charge in [-0.1, -0.05) is 78.9 Å². The molecule has 40 heavy (non-hydrogen) atoms. The van der Waals surface area contributed by atoms with Crippen LogP contribution in [-0.2, 0) is 26.2 Å². The minimum absolute atomic E-state index is 0.155. The molecule has 1 N–H and O–H groups in total. The molecular formula is C33H24FN3O3. The van der Waals surface area contributed by atoms with Gasteiger partial charge in [0.05, 0.1) is 29.4 Å². The number of carbonyl (C=O) groups excluding carboxylic acids is 3. The number of hydrazone groups is 1. The molecule has 6 nitrogen and oxygen atoms in total. The van der Waals surface area contributed by atoms with Crippen molar-refractivity contribution in [3.05, 3.63) is 137 Å². The predicted octanol–water partition coefficient (Wildman–Crippen LogP) is 4.72. The summed E-state index contributed by atoms with van der Waals surface area (Å²) in [5.41, 5.74) is 6.46. The minimum atomic E-state index is -1.09. The average molecular weight is 530 g/mol. The Morgan fingerprint density at radius 2 is 1.43 bits per heavy atom. The Morgan fingerprint density at radius 1 is 0.825 bits per heavy atom. The first-order valence-electron chi connectivity index (χ1n) is 13.2. The lowest BCUT2D eigenvalue weighted by Crippen LogP contribution is -2.54. The molecule has 4 aliphatic rings. The lowest BCUT2D eigenvalue weighted by molar-refractivity contribution is -0.123. The van der Waals surface area contributed by atoms with Gasteiger partial charge in [-0.15, -0.1) is 0 Å². The fourth-order valence-electron chi connectivity index (χ4n) is 6.92. The van der Waals surface area contributed by atoms with E-state index in [1.165, 1.54) is 29.2 Å². The van der Waals surface area contributed by atoms with Crippen LogP contribution in [0.1, 0.15) is 33.7 Å². The van der Waals surface area contributed by atoms with E-state index in [9.17, 15) is 18.8 Å². The van der Waals surface area contributed by atoms with Crippen molar-refractivity contribution in [2.45, 2.75) is 17.8 Å². The molecule has 1 aliphatic heterocycles. The lowest BCUT2D eigenvalue weighted by atomic mass is 9.47. The SMILES string of the molecule is O=C(Cc1ccccc1)N/N=C\C12c3ccccc3C(c3ccccc31)[C@H]1C(=O)N(c3ccc(F)cc3)C(=O)[C@@H]12. The number of rotatable bonds is 5. The van der Waals surface area contributed by atoms with Gasteiger partial charge in [-0.3, -0.25) is 14.4 Å². The van der Waals surface area contributed by atoms with Crippen LogP contribution in [0.4, 0.5) is 10.1 Å². The first kappa shape index (κ1) is 24.2. The third-order valence-electron chi connectivity index (χ3n) is 8.43. The smallest absolute Gasteiger partial charge is 0.244 e. The summed E-state index contributed by atoms with van der Waals surface area (Å²) in [6.45, 7) is 0. The first-order chi connectivity index (χ1) is 19.5. The van der Waals surface area contributed by atoms with Gasteiger partial charge in [0, 0.05) is 12.1 Å². The van der Waals surface area contributed by atoms with E-state index in [1.807, 2.05) is 78.9 Å². The van der Waals surface area contributed by atoms with Crippen LogP contribution in [0.3, 0.4) is 0 Å². The van der Waals surface area contributed by atoms with Crippen molar-refractivity contribution in [2.24, 2.45) is 16.9 Å². The van der Waals surface area contributed by atoms with Gasteiger partial charge < -0.3 is 0 Å². The standard InChI is InChI=1S/C33H24FN3O3/c34-21-14-16-22(17-15-21)37-31(39)29-28-23-10-4-6-12-25(23)33(30(29)32(37)40,26-13-7-5-11-24(26)28)19-35-36-27(38)18-20-8-2-1-3-9-20/h1-17,19,28-30H,18H2,(H,36,38)/b35-19-/t28?,29-,30-,33?/m1/s1. The normalized spacial score (nSPS) is 24.1. The van der Waals surface area contributed by atoms with Gasteiger partial charge >= 0.3 is 0 Å². The summed E-state index contributed by atoms with van der Waals surface area (Å²) in [4.78, 5) is 42.3. The number of anilines is 1. The topological polar surface area (TPSA) is 78.8 Å². The highest BCUT2D eigenvalue weighted by Gasteiger charge is 2.68. The molecule has 196 valence electrons. The fourth-order valence-corrected chi connectivity index (χ4v) is 6.92. The number of imide groups is 1. The van der Waals surface area contributed by atoms with Crippen molar-refractivity contribution in [3.63, 3.8) is 0 Å². The molecule has 4 aromatic rings. The van der Waals surface area contributed by atoms with Gasteiger partial charge in [-0.25, -0.2) is 14.7 Å². The quantitative estimate of drug-likeness (QED) is 0.231. The third-order valence-corrected chi connectivity index (χ3v) is 8.43. The molecule has 0 spiro atoms. The van der Waals surface area contributed by atoms with Crippen LogP contribution >= 0.6 is 0 Å². The highest BCUT2D eigenvalue weighted by Crippen LogP contribution is 2.63. The van der Waals surface area contributed by atoms with E-state index in [-0.39, 0.29) is 30.1 Å². The van der Waals surface area contributed by atoms with E-state index < -0.39 is 23.1 Å². The van der Waals surface area contributed by atoms with Crippen molar-refractivity contribution < 1.29 is 18.8 Å². The predicted molar refractivity (Wildman–Crippen MR) is 148 cm³/mol. The molecule has 0 unspecified atom stereocenters. The fraction of sp³-hybridized carbons (Fsp3) is 0.152. The molecule has 1 heterocycles. The van der Waals surface area contributed by atoms with E-state index in [2.05, 4.69) is 10.5 Å². The molecule has 7 heteroatoms. The van der Waals surface area contributed by atoms with Crippen LogP contribution in [0.2, 0.25) is 0 Å². The van der Waals surface area contributed by atoms with Gasteiger partial charge in [0.1, 0.15) is 5.82 Å². The molecule has 8 rings (SSSR count). The zero-order valence-corrected chi connectivity index (χ0v) is 21.3. The lowest BCUT2D eigenvalue weighted by Gasteiger charge is -2.52. The number of carbonyl (C=O) groups is 3. The molecule has 1 saturated heterocycles. The van der Waals surface area contributed by atoms with Crippen LogP contribution < -0.4 is 10.3 Å². The maximum absolute atomic E-state index is 14.3. The maximum Gasteiger partial charge on any atom is 0.244 e. The molecule has 0 saturated carbocycles. The number of amides is 3. The van der Waals surface area contributed by atoms with Crippen LogP contribution in [0.15, 0.2) is 108 Å². The Balaban J connectivity index is 1.36. The van der Waals surface area contributed by atoms with Crippen LogP contribution in [0.25, 0.3) is 0 Å². The Kier molecular flexibility index (Phi) is 5.49. The summed E-state index contributed by atoms with van der Waals surface area (Å²) in [6.07, 6.45) is 1.79. The highest BCUT2D eigenvalue weighted by molar-refractivity contribution is 6.25. The molecule has 2 atom stereocenters. The number of hydrogen-bond acceptors (Lipinski definition) is 4. The molecule has 3 aliphatic carbocycles. The minimum Gasteiger partial charge on any atom is -0.274 e. The average Bonchev–Trinajstić information content (AvgIpc) is 3.25. The Hall–Kier alpha value is -4.91. The van der Waals surface area contributed by atoms with E-state index >= 15 is 0 Å². The third kappa shape index (κ3) is 3.40. The van der Waals surface area contributed by atoms with E-state index in [0.717, 1.165) is 27.8 Å². The van der Waals surface area contributed by atoms with Gasteiger partial charge in [-0.05, 0) is 52.1 Å². The van der Waals surface area contributed by atoms with Gasteiger partial charge in [-0.2, -0.15) is 5.10 Å². The van der Waals surface area contributed by atoms with E-state index in [0.29, 0.717) is 5.69 Å². The van der Waals surface area contributed by atoms with Gasteiger partial charge in [0.15, 0.2) is 0 Å². The Morgan fingerprint density at radius 3 is 2.08 bits per heavy atom. The zero-order chi connectivity index (χ0) is 27.4. The van der Waals surface area contributed by atoms with Crippen molar-refractivity contribution in [3.8, 4) is 0 Å².